The van der Waals surface area contributed by atoms with Crippen LogP contribution in [0.3, 0.4) is 0 Å². The summed E-state index contributed by atoms with van der Waals surface area (Å²) in [6.07, 6.45) is 3.18. The fourth-order valence-corrected chi connectivity index (χ4v) is 3.44. The van der Waals surface area contributed by atoms with Crippen molar-refractivity contribution in [1.29, 1.82) is 0 Å². The third-order valence-corrected chi connectivity index (χ3v) is 4.79. The number of nitro benzene ring substituents is 1. The molecule has 1 aliphatic carbocycles. The summed E-state index contributed by atoms with van der Waals surface area (Å²) in [5, 5.41) is 14.7. The van der Waals surface area contributed by atoms with Gasteiger partial charge in [0.25, 0.3) is 11.6 Å². The van der Waals surface area contributed by atoms with Crippen molar-refractivity contribution < 1.29 is 14.5 Å². The third-order valence-electron chi connectivity index (χ3n) is 4.79. The molecule has 1 saturated carbocycles. The molecule has 0 spiro atoms. The lowest BCUT2D eigenvalue weighted by atomic mass is 10.1. The molecule has 0 aromatic heterocycles. The van der Waals surface area contributed by atoms with Crippen molar-refractivity contribution in [2.24, 2.45) is 5.92 Å². The molecule has 0 bridgehead atoms. The van der Waals surface area contributed by atoms with Crippen LogP contribution < -0.4 is 5.32 Å². The summed E-state index contributed by atoms with van der Waals surface area (Å²) in [5.74, 6) is 0.464. The maximum Gasteiger partial charge on any atom is 0.293 e. The zero-order valence-electron chi connectivity index (χ0n) is 13.9. The van der Waals surface area contributed by atoms with E-state index in [0.717, 1.165) is 19.3 Å². The SMILES string of the molecule is CC1CCC(Nc2ccc(C(=O)N3CCOCC3)cc2[N+](=O)[O-])C1. The molecule has 0 radical (unpaired) electrons. The second-order valence-corrected chi connectivity index (χ2v) is 6.65. The number of benzene rings is 1. The summed E-state index contributed by atoms with van der Waals surface area (Å²) in [6, 6.07) is 4.98. The number of anilines is 1. The fraction of sp³-hybridized carbons (Fsp3) is 0.588. The van der Waals surface area contributed by atoms with Crippen LogP contribution in [0, 0.1) is 16.0 Å². The van der Waals surface area contributed by atoms with Gasteiger partial charge in [-0.25, -0.2) is 0 Å². The van der Waals surface area contributed by atoms with E-state index in [2.05, 4.69) is 12.2 Å². The summed E-state index contributed by atoms with van der Waals surface area (Å²) >= 11 is 0. The highest BCUT2D eigenvalue weighted by atomic mass is 16.6. The molecule has 1 amide bonds. The van der Waals surface area contributed by atoms with E-state index in [9.17, 15) is 14.9 Å². The Hall–Kier alpha value is -2.15. The van der Waals surface area contributed by atoms with Crippen molar-refractivity contribution in [3.05, 3.63) is 33.9 Å². The van der Waals surface area contributed by atoms with E-state index in [-0.39, 0.29) is 17.6 Å². The number of hydrogen-bond acceptors (Lipinski definition) is 5. The van der Waals surface area contributed by atoms with Crippen LogP contribution in [-0.2, 0) is 4.74 Å². The van der Waals surface area contributed by atoms with Crippen LogP contribution in [0.15, 0.2) is 18.2 Å². The summed E-state index contributed by atoms with van der Waals surface area (Å²) in [7, 11) is 0. The van der Waals surface area contributed by atoms with Crippen LogP contribution >= 0.6 is 0 Å². The Bertz CT molecular complexity index is 628. The highest BCUT2D eigenvalue weighted by molar-refractivity contribution is 5.95. The van der Waals surface area contributed by atoms with Gasteiger partial charge in [-0.05, 0) is 37.3 Å². The van der Waals surface area contributed by atoms with E-state index in [1.54, 1.807) is 17.0 Å². The Morgan fingerprint density at radius 3 is 2.71 bits per heavy atom. The lowest BCUT2D eigenvalue weighted by molar-refractivity contribution is -0.384. The molecule has 7 heteroatoms. The van der Waals surface area contributed by atoms with Crippen LogP contribution in [0.5, 0.6) is 0 Å². The number of morpholine rings is 1. The maximum atomic E-state index is 12.5. The van der Waals surface area contributed by atoms with Gasteiger partial charge in [-0.1, -0.05) is 6.92 Å². The molecule has 1 N–H and O–H groups in total. The number of hydrogen-bond donors (Lipinski definition) is 1. The zero-order chi connectivity index (χ0) is 17.1. The van der Waals surface area contributed by atoms with E-state index in [4.69, 9.17) is 4.74 Å². The first-order chi connectivity index (χ1) is 11.5. The van der Waals surface area contributed by atoms with Gasteiger partial charge < -0.3 is 15.0 Å². The first-order valence-corrected chi connectivity index (χ1v) is 8.46. The van der Waals surface area contributed by atoms with Gasteiger partial charge in [0.15, 0.2) is 0 Å². The van der Waals surface area contributed by atoms with E-state index in [1.165, 1.54) is 6.07 Å². The molecule has 1 aliphatic heterocycles. The zero-order valence-corrected chi connectivity index (χ0v) is 13.9. The molecular formula is C17H23N3O4. The second-order valence-electron chi connectivity index (χ2n) is 6.65. The van der Waals surface area contributed by atoms with Gasteiger partial charge in [0.2, 0.25) is 0 Å². The average molecular weight is 333 g/mol. The van der Waals surface area contributed by atoms with Crippen LogP contribution in [0.2, 0.25) is 0 Å². The standard InChI is InChI=1S/C17H23N3O4/c1-12-2-4-14(10-12)18-15-5-3-13(11-16(15)20(22)23)17(21)19-6-8-24-9-7-19/h3,5,11-12,14,18H,2,4,6-10H2,1H3. The van der Waals surface area contributed by atoms with E-state index in [0.29, 0.717) is 43.5 Å². The first kappa shape index (κ1) is 16.7. The van der Waals surface area contributed by atoms with Gasteiger partial charge in [0.05, 0.1) is 18.1 Å². The topological polar surface area (TPSA) is 84.7 Å². The molecule has 1 aromatic carbocycles. The molecule has 1 aromatic rings. The largest absolute Gasteiger partial charge is 0.378 e. The predicted octanol–water partition coefficient (Wildman–Crippen LogP) is 2.67. The van der Waals surface area contributed by atoms with Gasteiger partial charge in [-0.15, -0.1) is 0 Å². The first-order valence-electron chi connectivity index (χ1n) is 8.46. The summed E-state index contributed by atoms with van der Waals surface area (Å²) in [5.41, 5.74) is 0.820. The maximum absolute atomic E-state index is 12.5. The van der Waals surface area contributed by atoms with Crippen LogP contribution in [0.1, 0.15) is 36.5 Å². The molecule has 2 fully saturated rings. The molecule has 130 valence electrons. The fourth-order valence-electron chi connectivity index (χ4n) is 3.44. The van der Waals surface area contributed by atoms with Crippen LogP contribution in [0.25, 0.3) is 0 Å². The predicted molar refractivity (Wildman–Crippen MR) is 90.2 cm³/mol. The smallest absolute Gasteiger partial charge is 0.293 e. The Labute approximate surface area is 141 Å². The lowest BCUT2D eigenvalue weighted by Gasteiger charge is -2.27. The number of nitrogens with zero attached hydrogens (tertiary/aromatic N) is 2. The molecule has 1 heterocycles. The molecule has 3 rings (SSSR count). The van der Waals surface area contributed by atoms with Crippen molar-refractivity contribution in [1.82, 2.24) is 4.90 Å². The number of amides is 1. The number of carbonyl (C=O) groups is 1. The summed E-state index contributed by atoms with van der Waals surface area (Å²) in [4.78, 5) is 25.2. The molecule has 2 unspecified atom stereocenters. The van der Waals surface area contributed by atoms with Gasteiger partial charge in [0.1, 0.15) is 5.69 Å². The minimum atomic E-state index is -0.420. The van der Waals surface area contributed by atoms with Crippen molar-refractivity contribution in [2.45, 2.75) is 32.2 Å². The van der Waals surface area contributed by atoms with Crippen molar-refractivity contribution >= 4 is 17.3 Å². The quantitative estimate of drug-likeness (QED) is 0.676. The third kappa shape index (κ3) is 3.67. The summed E-state index contributed by atoms with van der Waals surface area (Å²) < 4.78 is 5.24. The van der Waals surface area contributed by atoms with E-state index >= 15 is 0 Å². The molecular weight excluding hydrogens is 310 g/mol. The number of nitrogens with one attached hydrogen (secondary N) is 1. The van der Waals surface area contributed by atoms with Gasteiger partial charge >= 0.3 is 0 Å². The van der Waals surface area contributed by atoms with E-state index < -0.39 is 4.92 Å². The molecule has 2 aliphatic rings. The molecule has 24 heavy (non-hydrogen) atoms. The Balaban J connectivity index is 1.78. The molecule has 1 saturated heterocycles. The van der Waals surface area contributed by atoms with E-state index in [1.807, 2.05) is 0 Å². The number of ether oxygens (including phenoxy) is 1. The minimum Gasteiger partial charge on any atom is -0.378 e. The molecule has 7 nitrogen and oxygen atoms in total. The Morgan fingerprint density at radius 2 is 2.08 bits per heavy atom. The monoisotopic (exact) mass is 333 g/mol. The minimum absolute atomic E-state index is 0.0336. The normalized spacial score (nSPS) is 24.0. The lowest BCUT2D eigenvalue weighted by Crippen LogP contribution is -2.40. The highest BCUT2D eigenvalue weighted by Gasteiger charge is 2.26. The molecule has 2 atom stereocenters. The van der Waals surface area contributed by atoms with Crippen molar-refractivity contribution in [3.8, 4) is 0 Å². The second kappa shape index (κ2) is 7.17. The summed E-state index contributed by atoms with van der Waals surface area (Å²) in [6.45, 7) is 4.25. The average Bonchev–Trinajstić information content (AvgIpc) is 3.00. The van der Waals surface area contributed by atoms with Gasteiger partial charge in [0, 0.05) is 30.8 Å². The highest BCUT2D eigenvalue weighted by Crippen LogP contribution is 2.32. The Morgan fingerprint density at radius 1 is 1.33 bits per heavy atom. The van der Waals surface area contributed by atoms with Crippen molar-refractivity contribution in [3.63, 3.8) is 0 Å². The van der Waals surface area contributed by atoms with Gasteiger partial charge in [-0.2, -0.15) is 0 Å². The van der Waals surface area contributed by atoms with Gasteiger partial charge in [-0.3, -0.25) is 14.9 Å². The van der Waals surface area contributed by atoms with Crippen LogP contribution in [-0.4, -0.2) is 48.1 Å². The van der Waals surface area contributed by atoms with Crippen molar-refractivity contribution in [2.75, 3.05) is 31.6 Å². The number of carbonyl (C=O) groups excluding carboxylic acids is 1. The number of nitro groups is 1. The van der Waals surface area contributed by atoms with Crippen LogP contribution in [0.4, 0.5) is 11.4 Å². The Kier molecular flexibility index (Phi) is 4.99. The number of rotatable bonds is 4.